The van der Waals surface area contributed by atoms with Crippen LogP contribution >= 0.6 is 0 Å². The van der Waals surface area contributed by atoms with Gasteiger partial charge in [0, 0.05) is 30.6 Å². The molecule has 31 heavy (non-hydrogen) atoms. The molecule has 1 heterocycles. The number of carbonyl (C=O) groups is 3. The van der Waals surface area contributed by atoms with Crippen molar-refractivity contribution in [1.29, 1.82) is 0 Å². The second kappa shape index (κ2) is 9.43. The SMILES string of the molecule is O=C(CCC(=O)c1ccc2c(c1)CCC2)NCc1cccc(NC(=O)c2ccco2)c1. The zero-order chi connectivity index (χ0) is 21.6. The van der Waals surface area contributed by atoms with Crippen LogP contribution in [0.2, 0.25) is 0 Å². The number of Topliss-reactive ketones (excluding diaryl/α,β-unsaturated/α-hetero) is 1. The minimum atomic E-state index is -0.337. The lowest BCUT2D eigenvalue weighted by molar-refractivity contribution is -0.121. The quantitative estimate of drug-likeness (QED) is 0.536. The summed E-state index contributed by atoms with van der Waals surface area (Å²) in [6.07, 6.45) is 5.02. The number of furan rings is 1. The van der Waals surface area contributed by atoms with Gasteiger partial charge >= 0.3 is 0 Å². The second-order valence-electron chi connectivity index (χ2n) is 7.67. The minimum absolute atomic E-state index is 0.00696. The monoisotopic (exact) mass is 416 g/mol. The standard InChI is InChI=1S/C25H24N2O4/c28-22(20-10-9-18-5-2-6-19(18)15-20)11-12-24(29)26-16-17-4-1-7-21(14-17)27-25(30)23-8-3-13-31-23/h1,3-4,7-10,13-15H,2,5-6,11-12,16H2,(H,26,29)(H,27,30). The third kappa shape index (κ3) is 5.28. The summed E-state index contributed by atoms with van der Waals surface area (Å²) in [5.74, 6) is -0.296. The number of hydrogen-bond donors (Lipinski definition) is 2. The lowest BCUT2D eigenvalue weighted by Gasteiger charge is -2.08. The van der Waals surface area contributed by atoms with E-state index >= 15 is 0 Å². The summed E-state index contributed by atoms with van der Waals surface area (Å²) in [7, 11) is 0. The fraction of sp³-hybridized carbons (Fsp3) is 0.240. The maximum absolute atomic E-state index is 12.4. The van der Waals surface area contributed by atoms with Gasteiger partial charge in [-0.1, -0.05) is 24.3 Å². The van der Waals surface area contributed by atoms with Crippen molar-refractivity contribution in [2.45, 2.75) is 38.6 Å². The number of rotatable bonds is 8. The predicted octanol–water partition coefficient (Wildman–Crippen LogP) is 4.30. The van der Waals surface area contributed by atoms with Gasteiger partial charge in [0.1, 0.15) is 0 Å². The maximum Gasteiger partial charge on any atom is 0.291 e. The smallest absolute Gasteiger partial charge is 0.291 e. The Kier molecular flexibility index (Phi) is 6.26. The lowest BCUT2D eigenvalue weighted by Crippen LogP contribution is -2.23. The molecule has 1 aromatic heterocycles. The minimum Gasteiger partial charge on any atom is -0.459 e. The molecular weight excluding hydrogens is 392 g/mol. The fourth-order valence-electron chi connectivity index (χ4n) is 3.77. The third-order valence-corrected chi connectivity index (χ3v) is 5.42. The highest BCUT2D eigenvalue weighted by atomic mass is 16.3. The van der Waals surface area contributed by atoms with Crippen molar-refractivity contribution in [3.05, 3.63) is 88.9 Å². The number of ketones is 1. The van der Waals surface area contributed by atoms with E-state index in [0.717, 1.165) is 24.8 Å². The molecule has 0 fully saturated rings. The van der Waals surface area contributed by atoms with E-state index in [2.05, 4.69) is 10.6 Å². The molecule has 2 N–H and O–H groups in total. The fourth-order valence-corrected chi connectivity index (χ4v) is 3.77. The molecule has 0 radical (unpaired) electrons. The molecule has 3 aromatic rings. The van der Waals surface area contributed by atoms with Crippen molar-refractivity contribution >= 4 is 23.3 Å². The largest absolute Gasteiger partial charge is 0.459 e. The molecule has 4 rings (SSSR count). The highest BCUT2D eigenvalue weighted by Gasteiger charge is 2.15. The number of carbonyl (C=O) groups excluding carboxylic acids is 3. The van der Waals surface area contributed by atoms with E-state index in [-0.39, 0.29) is 36.2 Å². The molecule has 6 heteroatoms. The van der Waals surface area contributed by atoms with Crippen molar-refractivity contribution in [3.8, 4) is 0 Å². The first kappa shape index (κ1) is 20.6. The van der Waals surface area contributed by atoms with Crippen molar-refractivity contribution < 1.29 is 18.8 Å². The van der Waals surface area contributed by atoms with E-state index in [1.54, 1.807) is 30.3 Å². The maximum atomic E-state index is 12.4. The molecule has 2 aromatic carbocycles. The van der Waals surface area contributed by atoms with Gasteiger partial charge in [0.05, 0.1) is 6.26 Å². The summed E-state index contributed by atoms with van der Waals surface area (Å²) in [6, 6.07) is 16.3. The van der Waals surface area contributed by atoms with Gasteiger partial charge in [-0.05, 0) is 66.3 Å². The first-order valence-electron chi connectivity index (χ1n) is 10.4. The van der Waals surface area contributed by atoms with Crippen LogP contribution in [0.1, 0.15) is 56.9 Å². The topological polar surface area (TPSA) is 88.4 Å². The van der Waals surface area contributed by atoms with Gasteiger partial charge in [-0.15, -0.1) is 0 Å². The van der Waals surface area contributed by atoms with Crippen molar-refractivity contribution in [1.82, 2.24) is 5.32 Å². The lowest BCUT2D eigenvalue weighted by atomic mass is 10.0. The Morgan fingerprint density at radius 1 is 0.903 bits per heavy atom. The zero-order valence-corrected chi connectivity index (χ0v) is 17.1. The molecule has 158 valence electrons. The van der Waals surface area contributed by atoms with Gasteiger partial charge in [0.25, 0.3) is 5.91 Å². The summed E-state index contributed by atoms with van der Waals surface area (Å²) >= 11 is 0. The Bertz CT molecular complexity index is 1100. The molecule has 2 amide bonds. The summed E-state index contributed by atoms with van der Waals surface area (Å²) in [5, 5.41) is 5.59. The molecule has 1 aliphatic rings. The Morgan fingerprint density at radius 2 is 1.77 bits per heavy atom. The Morgan fingerprint density at radius 3 is 2.61 bits per heavy atom. The average molecular weight is 416 g/mol. The van der Waals surface area contributed by atoms with Gasteiger partial charge in [0.15, 0.2) is 11.5 Å². The number of benzene rings is 2. The summed E-state index contributed by atoms with van der Waals surface area (Å²) < 4.78 is 5.08. The third-order valence-electron chi connectivity index (χ3n) is 5.42. The first-order valence-corrected chi connectivity index (χ1v) is 10.4. The Balaban J connectivity index is 1.25. The van der Waals surface area contributed by atoms with Crippen LogP contribution in [0.25, 0.3) is 0 Å². The van der Waals surface area contributed by atoms with Crippen LogP contribution in [0, 0.1) is 0 Å². The average Bonchev–Trinajstić information content (AvgIpc) is 3.48. The van der Waals surface area contributed by atoms with E-state index in [1.165, 1.54) is 17.4 Å². The molecule has 0 bridgehead atoms. The second-order valence-corrected chi connectivity index (χ2v) is 7.67. The van der Waals surface area contributed by atoms with Crippen LogP contribution < -0.4 is 10.6 Å². The molecule has 0 spiro atoms. The Labute approximate surface area is 180 Å². The van der Waals surface area contributed by atoms with Crippen LogP contribution in [0.4, 0.5) is 5.69 Å². The van der Waals surface area contributed by atoms with E-state index < -0.39 is 0 Å². The molecule has 0 aliphatic heterocycles. The van der Waals surface area contributed by atoms with Crippen LogP contribution in [-0.4, -0.2) is 17.6 Å². The summed E-state index contributed by atoms with van der Waals surface area (Å²) in [4.78, 5) is 36.7. The van der Waals surface area contributed by atoms with E-state index in [4.69, 9.17) is 4.42 Å². The first-order chi connectivity index (χ1) is 15.1. The van der Waals surface area contributed by atoms with Gasteiger partial charge in [-0.2, -0.15) is 0 Å². The number of fused-ring (bicyclic) bond motifs is 1. The number of anilines is 1. The molecule has 0 atom stereocenters. The van der Waals surface area contributed by atoms with Crippen LogP contribution in [0.15, 0.2) is 65.3 Å². The van der Waals surface area contributed by atoms with Crippen molar-refractivity contribution in [2.75, 3.05) is 5.32 Å². The predicted molar refractivity (Wildman–Crippen MR) is 117 cm³/mol. The van der Waals surface area contributed by atoms with Crippen molar-refractivity contribution in [2.24, 2.45) is 0 Å². The summed E-state index contributed by atoms with van der Waals surface area (Å²) in [5.41, 5.74) is 4.73. The van der Waals surface area contributed by atoms with E-state index in [9.17, 15) is 14.4 Å². The molecule has 0 saturated carbocycles. The number of hydrogen-bond acceptors (Lipinski definition) is 4. The van der Waals surface area contributed by atoms with Crippen LogP contribution in [0.3, 0.4) is 0 Å². The van der Waals surface area contributed by atoms with E-state index in [0.29, 0.717) is 17.8 Å². The van der Waals surface area contributed by atoms with Gasteiger partial charge in [-0.25, -0.2) is 0 Å². The molecule has 6 nitrogen and oxygen atoms in total. The van der Waals surface area contributed by atoms with Crippen LogP contribution in [-0.2, 0) is 24.2 Å². The normalized spacial score (nSPS) is 12.3. The molecule has 1 aliphatic carbocycles. The highest BCUT2D eigenvalue weighted by molar-refractivity contribution is 6.02. The molecule has 0 unspecified atom stereocenters. The van der Waals surface area contributed by atoms with E-state index in [1.807, 2.05) is 24.3 Å². The van der Waals surface area contributed by atoms with Gasteiger partial charge < -0.3 is 15.1 Å². The zero-order valence-electron chi connectivity index (χ0n) is 17.1. The molecular formula is C25H24N2O4. The highest BCUT2D eigenvalue weighted by Crippen LogP contribution is 2.23. The van der Waals surface area contributed by atoms with Crippen LogP contribution in [0.5, 0.6) is 0 Å². The number of aryl methyl sites for hydroxylation is 2. The van der Waals surface area contributed by atoms with Gasteiger partial charge in [-0.3, -0.25) is 14.4 Å². The number of nitrogens with one attached hydrogen (secondary N) is 2. The Hall–Kier alpha value is -3.67. The molecule has 0 saturated heterocycles. The van der Waals surface area contributed by atoms with Gasteiger partial charge in [0.2, 0.25) is 5.91 Å². The van der Waals surface area contributed by atoms with Crippen molar-refractivity contribution in [3.63, 3.8) is 0 Å². The number of amides is 2. The summed E-state index contributed by atoms with van der Waals surface area (Å²) in [6.45, 7) is 0.316.